The van der Waals surface area contributed by atoms with Gasteiger partial charge in [0.25, 0.3) is 0 Å². The quantitative estimate of drug-likeness (QED) is 0.381. The normalized spacial score (nSPS) is 10.9. The zero-order chi connectivity index (χ0) is 19.5. The summed E-state index contributed by atoms with van der Waals surface area (Å²) in [5.41, 5.74) is 1.53. The van der Waals surface area contributed by atoms with Crippen LogP contribution in [0.4, 0.5) is 5.69 Å². The van der Waals surface area contributed by atoms with Gasteiger partial charge in [-0.3, -0.25) is 4.79 Å². The lowest BCUT2D eigenvalue weighted by molar-refractivity contribution is -0.113. The predicted molar refractivity (Wildman–Crippen MR) is 114 cm³/mol. The average Bonchev–Trinajstić information content (AvgIpc) is 3.07. The molecule has 8 heteroatoms. The maximum Gasteiger partial charge on any atom is 0.234 e. The van der Waals surface area contributed by atoms with Crippen LogP contribution in [-0.2, 0) is 4.79 Å². The second kappa shape index (κ2) is 7.92. The number of thioether (sulfide) groups is 1. The Morgan fingerprint density at radius 1 is 1.07 bits per heavy atom. The highest BCUT2D eigenvalue weighted by Crippen LogP contribution is 2.25. The fourth-order valence-electron chi connectivity index (χ4n) is 2.85. The number of benzene rings is 3. The number of fused-ring (bicyclic) bond motifs is 1. The molecular weight excluding hydrogens is 394 g/mol. The molecule has 28 heavy (non-hydrogen) atoms. The standard InChI is InChI=1S/C20H16ClN5OS/c21-15-8-3-7-14(11-15)19-24-25-20(26(19)22)28-12-18(27)23-17-10-4-6-13-5-1-2-9-16(13)17/h1-11H,12,22H2,(H,23,27). The van der Waals surface area contributed by atoms with Crippen LogP contribution in [0.1, 0.15) is 0 Å². The average molecular weight is 410 g/mol. The molecule has 0 fully saturated rings. The van der Waals surface area contributed by atoms with Crippen molar-refractivity contribution in [2.24, 2.45) is 0 Å². The van der Waals surface area contributed by atoms with Gasteiger partial charge < -0.3 is 11.2 Å². The second-order valence-electron chi connectivity index (χ2n) is 6.05. The van der Waals surface area contributed by atoms with Gasteiger partial charge in [-0.25, -0.2) is 4.68 Å². The molecule has 4 rings (SSSR count). The first-order chi connectivity index (χ1) is 13.6. The molecule has 3 aromatic carbocycles. The van der Waals surface area contributed by atoms with Crippen LogP contribution in [0.2, 0.25) is 5.02 Å². The number of rotatable bonds is 5. The van der Waals surface area contributed by atoms with Crippen LogP contribution < -0.4 is 11.2 Å². The molecule has 0 atom stereocenters. The van der Waals surface area contributed by atoms with Gasteiger partial charge >= 0.3 is 0 Å². The van der Waals surface area contributed by atoms with Crippen molar-refractivity contribution in [3.8, 4) is 11.4 Å². The number of nitrogens with one attached hydrogen (secondary N) is 1. The molecule has 140 valence electrons. The van der Waals surface area contributed by atoms with Gasteiger partial charge in [-0.05, 0) is 23.6 Å². The van der Waals surface area contributed by atoms with Gasteiger partial charge in [0.05, 0.1) is 5.75 Å². The Hall–Kier alpha value is -3.03. The first-order valence-corrected chi connectivity index (χ1v) is 9.85. The molecule has 0 radical (unpaired) electrons. The number of carbonyl (C=O) groups is 1. The zero-order valence-electron chi connectivity index (χ0n) is 14.7. The second-order valence-corrected chi connectivity index (χ2v) is 7.43. The van der Waals surface area contributed by atoms with E-state index in [1.807, 2.05) is 54.6 Å². The van der Waals surface area contributed by atoms with E-state index in [1.165, 1.54) is 16.4 Å². The summed E-state index contributed by atoms with van der Waals surface area (Å²) < 4.78 is 1.36. The maximum absolute atomic E-state index is 12.4. The fourth-order valence-corrected chi connectivity index (χ4v) is 3.70. The van der Waals surface area contributed by atoms with Gasteiger partial charge in [0.15, 0.2) is 5.82 Å². The number of aromatic nitrogens is 3. The summed E-state index contributed by atoms with van der Waals surface area (Å²) in [6, 6.07) is 20.9. The van der Waals surface area contributed by atoms with E-state index in [1.54, 1.807) is 12.1 Å². The number of nitrogens with zero attached hydrogens (tertiary/aromatic N) is 3. The Bertz CT molecular complexity index is 1160. The number of nitrogens with two attached hydrogens (primary N) is 1. The minimum atomic E-state index is -0.145. The number of carbonyl (C=O) groups excluding carboxylic acids is 1. The highest BCUT2D eigenvalue weighted by atomic mass is 35.5. The molecule has 0 aliphatic rings. The largest absolute Gasteiger partial charge is 0.335 e. The minimum absolute atomic E-state index is 0.145. The SMILES string of the molecule is Nn1c(SCC(=O)Nc2cccc3ccccc23)nnc1-c1cccc(Cl)c1. The third-order valence-corrected chi connectivity index (χ3v) is 5.32. The van der Waals surface area contributed by atoms with Crippen molar-refractivity contribution >= 4 is 45.7 Å². The third kappa shape index (κ3) is 3.81. The van der Waals surface area contributed by atoms with Gasteiger partial charge in [0.2, 0.25) is 11.1 Å². The summed E-state index contributed by atoms with van der Waals surface area (Å²) in [6.45, 7) is 0. The lowest BCUT2D eigenvalue weighted by Gasteiger charge is -2.08. The molecular formula is C20H16ClN5OS. The zero-order valence-corrected chi connectivity index (χ0v) is 16.2. The smallest absolute Gasteiger partial charge is 0.234 e. The molecule has 4 aromatic rings. The summed E-state index contributed by atoms with van der Waals surface area (Å²) in [7, 11) is 0. The van der Waals surface area contributed by atoms with Crippen molar-refractivity contribution in [1.29, 1.82) is 0 Å². The molecule has 3 N–H and O–H groups in total. The molecule has 1 aromatic heterocycles. The minimum Gasteiger partial charge on any atom is -0.335 e. The summed E-state index contributed by atoms with van der Waals surface area (Å²) in [4.78, 5) is 12.4. The van der Waals surface area contributed by atoms with Crippen LogP contribution in [0.15, 0.2) is 71.9 Å². The van der Waals surface area contributed by atoms with Crippen LogP contribution >= 0.6 is 23.4 Å². The van der Waals surface area contributed by atoms with Crippen LogP contribution in [0, 0.1) is 0 Å². The van der Waals surface area contributed by atoms with Crippen molar-refractivity contribution < 1.29 is 4.79 Å². The van der Waals surface area contributed by atoms with Crippen LogP contribution in [0.5, 0.6) is 0 Å². The Morgan fingerprint density at radius 2 is 1.86 bits per heavy atom. The summed E-state index contributed by atoms with van der Waals surface area (Å²) in [5, 5.41) is 14.2. The van der Waals surface area contributed by atoms with E-state index in [0.717, 1.165) is 22.0 Å². The molecule has 6 nitrogen and oxygen atoms in total. The highest BCUT2D eigenvalue weighted by Gasteiger charge is 2.14. The lowest BCUT2D eigenvalue weighted by atomic mass is 10.1. The molecule has 0 bridgehead atoms. The number of amides is 1. The molecule has 0 aliphatic carbocycles. The molecule has 1 heterocycles. The number of nitrogen functional groups attached to an aromatic ring is 1. The first-order valence-electron chi connectivity index (χ1n) is 8.48. The molecule has 0 saturated carbocycles. The van der Waals surface area contributed by atoms with Crippen molar-refractivity contribution in [1.82, 2.24) is 14.9 Å². The number of hydrogen-bond donors (Lipinski definition) is 2. The highest BCUT2D eigenvalue weighted by molar-refractivity contribution is 7.99. The van der Waals surface area contributed by atoms with E-state index in [4.69, 9.17) is 17.4 Å². The maximum atomic E-state index is 12.4. The Balaban J connectivity index is 1.45. The number of anilines is 1. The number of halogens is 1. The molecule has 0 saturated heterocycles. The van der Waals surface area contributed by atoms with E-state index >= 15 is 0 Å². The fraction of sp³-hybridized carbons (Fsp3) is 0.0500. The van der Waals surface area contributed by atoms with Crippen molar-refractivity contribution in [2.45, 2.75) is 5.16 Å². The predicted octanol–water partition coefficient (Wildman–Crippen LogP) is 4.20. The summed E-state index contributed by atoms with van der Waals surface area (Å²) >= 11 is 7.24. The van der Waals surface area contributed by atoms with Crippen molar-refractivity contribution in [3.05, 3.63) is 71.8 Å². The molecule has 0 unspecified atom stereocenters. The van der Waals surface area contributed by atoms with Gasteiger partial charge in [-0.1, -0.05) is 71.9 Å². The van der Waals surface area contributed by atoms with E-state index in [-0.39, 0.29) is 11.7 Å². The van der Waals surface area contributed by atoms with Crippen molar-refractivity contribution in [2.75, 3.05) is 16.9 Å². The van der Waals surface area contributed by atoms with Crippen molar-refractivity contribution in [3.63, 3.8) is 0 Å². The van der Waals surface area contributed by atoms with E-state index in [9.17, 15) is 4.79 Å². The topological polar surface area (TPSA) is 85.8 Å². The molecule has 1 amide bonds. The first kappa shape index (κ1) is 18.3. The molecule has 0 spiro atoms. The van der Waals surface area contributed by atoms with Gasteiger partial charge in [0.1, 0.15) is 0 Å². The van der Waals surface area contributed by atoms with Gasteiger partial charge in [-0.2, -0.15) is 0 Å². The van der Waals surface area contributed by atoms with Crippen LogP contribution in [-0.4, -0.2) is 26.5 Å². The Labute approximate surface area is 170 Å². The molecule has 0 aliphatic heterocycles. The third-order valence-electron chi connectivity index (χ3n) is 4.14. The summed E-state index contributed by atoms with van der Waals surface area (Å²) in [6.07, 6.45) is 0. The lowest BCUT2D eigenvalue weighted by Crippen LogP contribution is -2.16. The van der Waals surface area contributed by atoms with E-state index in [0.29, 0.717) is 16.0 Å². The Kier molecular flexibility index (Phi) is 5.18. The Morgan fingerprint density at radius 3 is 2.71 bits per heavy atom. The summed E-state index contributed by atoms with van der Waals surface area (Å²) in [5.74, 6) is 6.60. The van der Waals surface area contributed by atoms with E-state index in [2.05, 4.69) is 15.5 Å². The monoisotopic (exact) mass is 409 g/mol. The van der Waals surface area contributed by atoms with Gasteiger partial charge in [-0.15, -0.1) is 10.2 Å². The van der Waals surface area contributed by atoms with Crippen LogP contribution in [0.3, 0.4) is 0 Å². The van der Waals surface area contributed by atoms with Crippen LogP contribution in [0.25, 0.3) is 22.2 Å². The van der Waals surface area contributed by atoms with E-state index < -0.39 is 0 Å². The van der Waals surface area contributed by atoms with Gasteiger partial charge in [0, 0.05) is 21.7 Å². The number of hydrogen-bond acceptors (Lipinski definition) is 5.